The minimum Gasteiger partial charge on any atom is -0.367 e. The van der Waals surface area contributed by atoms with E-state index in [9.17, 15) is 0 Å². The van der Waals surface area contributed by atoms with Gasteiger partial charge in [-0.3, -0.25) is 0 Å². The van der Waals surface area contributed by atoms with Crippen molar-refractivity contribution in [1.29, 1.82) is 0 Å². The molecular formula is C20H14Cl3N3. The Morgan fingerprint density at radius 2 is 1.73 bits per heavy atom. The van der Waals surface area contributed by atoms with Crippen molar-refractivity contribution < 1.29 is 0 Å². The summed E-state index contributed by atoms with van der Waals surface area (Å²) >= 11 is 18.8. The highest BCUT2D eigenvalue weighted by Crippen LogP contribution is 2.38. The van der Waals surface area contributed by atoms with Gasteiger partial charge in [0.15, 0.2) is 0 Å². The number of imidazole rings is 1. The van der Waals surface area contributed by atoms with E-state index >= 15 is 0 Å². The normalized spacial score (nSPS) is 12.3. The van der Waals surface area contributed by atoms with E-state index in [1.165, 1.54) is 0 Å². The van der Waals surface area contributed by atoms with Crippen LogP contribution < -0.4 is 0 Å². The fourth-order valence-electron chi connectivity index (χ4n) is 3.13. The molecule has 0 aliphatic carbocycles. The Kier molecular flexibility index (Phi) is 4.77. The Morgan fingerprint density at radius 1 is 0.885 bits per heavy atom. The van der Waals surface area contributed by atoms with Gasteiger partial charge in [0, 0.05) is 46.5 Å². The molecule has 2 aromatic heterocycles. The molecule has 0 saturated carbocycles. The molecule has 0 aliphatic rings. The fourth-order valence-corrected chi connectivity index (χ4v) is 3.68. The van der Waals surface area contributed by atoms with E-state index in [1.807, 2.05) is 65.6 Å². The first-order valence-corrected chi connectivity index (χ1v) is 9.12. The lowest BCUT2D eigenvalue weighted by atomic mass is 9.94. The summed E-state index contributed by atoms with van der Waals surface area (Å²) in [6.45, 7) is 0. The smallest absolute Gasteiger partial charge is 0.0954 e. The molecule has 1 atom stereocenters. The van der Waals surface area contributed by atoms with Crippen LogP contribution in [0.3, 0.4) is 0 Å². The Bertz CT molecular complexity index is 1040. The summed E-state index contributed by atoms with van der Waals surface area (Å²) in [5, 5.41) is 1.75. The predicted octanol–water partition coefficient (Wildman–Crippen LogP) is 6.48. The van der Waals surface area contributed by atoms with Crippen LogP contribution in [-0.4, -0.2) is 14.5 Å². The number of benzene rings is 2. The maximum atomic E-state index is 6.44. The van der Waals surface area contributed by atoms with Gasteiger partial charge in [-0.25, -0.2) is 4.98 Å². The number of H-pyrrole nitrogens is 1. The Hall–Kier alpha value is -2.20. The van der Waals surface area contributed by atoms with Crippen molar-refractivity contribution in [3.8, 4) is 11.1 Å². The highest BCUT2D eigenvalue weighted by molar-refractivity contribution is 6.42. The summed E-state index contributed by atoms with van der Waals surface area (Å²) < 4.78 is 2.03. The molecule has 0 radical (unpaired) electrons. The van der Waals surface area contributed by atoms with E-state index in [0.29, 0.717) is 15.1 Å². The highest BCUT2D eigenvalue weighted by atomic mass is 35.5. The summed E-state index contributed by atoms with van der Waals surface area (Å²) in [4.78, 5) is 7.42. The second-order valence-corrected chi connectivity index (χ2v) is 7.11. The SMILES string of the molecule is Clc1ccc(C(c2c[nH]cc2-c2ccccc2Cl)n2ccnc2)cc1Cl. The zero-order chi connectivity index (χ0) is 18.1. The number of hydrogen-bond acceptors (Lipinski definition) is 1. The van der Waals surface area contributed by atoms with E-state index in [4.69, 9.17) is 34.8 Å². The molecule has 1 N–H and O–H groups in total. The molecule has 0 amide bonds. The molecule has 4 rings (SSSR count). The van der Waals surface area contributed by atoms with Gasteiger partial charge in [-0.2, -0.15) is 0 Å². The van der Waals surface area contributed by atoms with E-state index < -0.39 is 0 Å². The lowest BCUT2D eigenvalue weighted by molar-refractivity contribution is 0.679. The second-order valence-electron chi connectivity index (χ2n) is 5.89. The van der Waals surface area contributed by atoms with Gasteiger partial charge in [0.2, 0.25) is 0 Å². The van der Waals surface area contributed by atoms with E-state index in [1.54, 1.807) is 12.5 Å². The maximum absolute atomic E-state index is 6.44. The molecule has 130 valence electrons. The van der Waals surface area contributed by atoms with Crippen molar-refractivity contribution in [2.75, 3.05) is 0 Å². The van der Waals surface area contributed by atoms with E-state index in [0.717, 1.165) is 22.3 Å². The molecule has 3 nitrogen and oxygen atoms in total. The summed E-state index contributed by atoms with van der Waals surface area (Å²) in [7, 11) is 0. The van der Waals surface area contributed by atoms with Crippen molar-refractivity contribution in [2.24, 2.45) is 0 Å². The summed E-state index contributed by atoms with van der Waals surface area (Å²) in [6, 6.07) is 13.3. The molecule has 0 saturated heterocycles. The van der Waals surface area contributed by atoms with Crippen molar-refractivity contribution in [2.45, 2.75) is 6.04 Å². The molecular weight excluding hydrogens is 389 g/mol. The van der Waals surface area contributed by atoms with Gasteiger partial charge in [0.05, 0.1) is 22.4 Å². The summed E-state index contributed by atoms with van der Waals surface area (Å²) in [5.41, 5.74) is 4.07. The summed E-state index contributed by atoms with van der Waals surface area (Å²) in [5.74, 6) is 0. The van der Waals surface area contributed by atoms with Crippen LogP contribution >= 0.6 is 34.8 Å². The standard InChI is InChI=1S/C20H14Cl3N3/c21-17-4-2-1-3-14(17)15-10-25-11-16(15)20(26-8-7-24-12-26)13-5-6-18(22)19(23)9-13/h1-12,20,25H. The third-order valence-electron chi connectivity index (χ3n) is 4.32. The summed E-state index contributed by atoms with van der Waals surface area (Å²) in [6.07, 6.45) is 9.41. The molecule has 6 heteroatoms. The van der Waals surface area contributed by atoms with Gasteiger partial charge in [-0.15, -0.1) is 0 Å². The van der Waals surface area contributed by atoms with Crippen LogP contribution in [0.2, 0.25) is 15.1 Å². The third-order valence-corrected chi connectivity index (χ3v) is 5.39. The van der Waals surface area contributed by atoms with Crippen LogP contribution in [0.25, 0.3) is 11.1 Å². The van der Waals surface area contributed by atoms with Crippen LogP contribution in [-0.2, 0) is 0 Å². The maximum Gasteiger partial charge on any atom is 0.0954 e. The number of aromatic nitrogens is 3. The molecule has 26 heavy (non-hydrogen) atoms. The largest absolute Gasteiger partial charge is 0.367 e. The molecule has 1 unspecified atom stereocenters. The average Bonchev–Trinajstić information content (AvgIpc) is 3.31. The molecule has 0 aliphatic heterocycles. The minimum absolute atomic E-state index is 0.121. The van der Waals surface area contributed by atoms with Crippen molar-refractivity contribution >= 4 is 34.8 Å². The average molecular weight is 403 g/mol. The van der Waals surface area contributed by atoms with Crippen LogP contribution in [0.1, 0.15) is 17.2 Å². The number of nitrogens with zero attached hydrogens (tertiary/aromatic N) is 2. The molecule has 2 aromatic carbocycles. The van der Waals surface area contributed by atoms with Crippen molar-refractivity contribution in [3.63, 3.8) is 0 Å². The van der Waals surface area contributed by atoms with Gasteiger partial charge in [0.1, 0.15) is 0 Å². The Balaban J connectivity index is 1.91. The lowest BCUT2D eigenvalue weighted by Crippen LogP contribution is -2.11. The predicted molar refractivity (Wildman–Crippen MR) is 107 cm³/mol. The van der Waals surface area contributed by atoms with Crippen LogP contribution in [0.4, 0.5) is 0 Å². The van der Waals surface area contributed by atoms with Gasteiger partial charge in [-0.1, -0.05) is 59.1 Å². The highest BCUT2D eigenvalue weighted by Gasteiger charge is 2.22. The zero-order valence-electron chi connectivity index (χ0n) is 13.5. The monoisotopic (exact) mass is 401 g/mol. The number of nitrogens with one attached hydrogen (secondary N) is 1. The van der Waals surface area contributed by atoms with Crippen LogP contribution in [0.15, 0.2) is 73.6 Å². The first kappa shape index (κ1) is 17.2. The van der Waals surface area contributed by atoms with E-state index in [-0.39, 0.29) is 6.04 Å². The van der Waals surface area contributed by atoms with Gasteiger partial charge in [-0.05, 0) is 23.8 Å². The second kappa shape index (κ2) is 7.20. The number of aromatic amines is 1. The lowest BCUT2D eigenvalue weighted by Gasteiger charge is -2.21. The first-order valence-electron chi connectivity index (χ1n) is 7.99. The molecule has 4 aromatic rings. The topological polar surface area (TPSA) is 33.6 Å². The Morgan fingerprint density at radius 3 is 2.46 bits per heavy atom. The number of hydrogen-bond donors (Lipinski definition) is 1. The van der Waals surface area contributed by atoms with E-state index in [2.05, 4.69) is 9.97 Å². The fraction of sp³-hybridized carbons (Fsp3) is 0.0500. The third kappa shape index (κ3) is 3.14. The molecule has 0 fully saturated rings. The van der Waals surface area contributed by atoms with Gasteiger partial charge in [0.25, 0.3) is 0 Å². The number of halogens is 3. The van der Waals surface area contributed by atoms with Gasteiger partial charge < -0.3 is 9.55 Å². The first-order chi connectivity index (χ1) is 12.6. The van der Waals surface area contributed by atoms with Crippen LogP contribution in [0, 0.1) is 0 Å². The van der Waals surface area contributed by atoms with Crippen molar-refractivity contribution in [3.05, 3.63) is 99.8 Å². The van der Waals surface area contributed by atoms with Crippen LogP contribution in [0.5, 0.6) is 0 Å². The number of rotatable bonds is 4. The zero-order valence-corrected chi connectivity index (χ0v) is 15.8. The minimum atomic E-state index is -0.121. The quantitative estimate of drug-likeness (QED) is 0.416. The molecule has 2 heterocycles. The molecule has 0 bridgehead atoms. The molecule has 0 spiro atoms. The van der Waals surface area contributed by atoms with Crippen molar-refractivity contribution in [1.82, 2.24) is 14.5 Å². The Labute approximate surface area is 166 Å². The van der Waals surface area contributed by atoms with Gasteiger partial charge >= 0.3 is 0 Å².